The zero-order chi connectivity index (χ0) is 14.9. The predicted octanol–water partition coefficient (Wildman–Crippen LogP) is 3.20. The van der Waals surface area contributed by atoms with Crippen LogP contribution in [0.5, 0.6) is 0 Å². The largest absolute Gasteiger partial charge is 0.289 e. The van der Waals surface area contributed by atoms with Crippen LogP contribution in [0.3, 0.4) is 0 Å². The number of hydrogen-bond donors (Lipinski definition) is 1. The number of H-pyrrole nitrogens is 1. The highest BCUT2D eigenvalue weighted by molar-refractivity contribution is 7.71. The monoisotopic (exact) mass is 326 g/mol. The van der Waals surface area contributed by atoms with Gasteiger partial charge in [0.15, 0.2) is 4.96 Å². The van der Waals surface area contributed by atoms with E-state index >= 15 is 0 Å². The third-order valence-corrected chi connectivity index (χ3v) is 4.22. The molecular weight excluding hydrogens is 316 g/mol. The van der Waals surface area contributed by atoms with Crippen molar-refractivity contribution >= 4 is 34.7 Å². The van der Waals surface area contributed by atoms with Gasteiger partial charge in [0.05, 0.1) is 17.6 Å². The van der Waals surface area contributed by atoms with Gasteiger partial charge in [0.2, 0.25) is 4.77 Å². The number of fused-ring (bicyclic) bond motifs is 1. The normalized spacial score (nSPS) is 11.6. The third kappa shape index (κ3) is 2.18. The molecule has 0 unspecified atom stereocenters. The van der Waals surface area contributed by atoms with Crippen LogP contribution in [0.4, 0.5) is 0 Å². The SMILES string of the molecule is S=c1[nH]ncn1/N=C/c1c(-c2ccccc2)nc2sccn12. The van der Waals surface area contributed by atoms with Gasteiger partial charge in [-0.1, -0.05) is 30.3 Å². The Morgan fingerprint density at radius 2 is 2.14 bits per heavy atom. The van der Waals surface area contributed by atoms with Gasteiger partial charge in [-0.05, 0) is 12.2 Å². The summed E-state index contributed by atoms with van der Waals surface area (Å²) in [6.07, 6.45) is 5.27. The van der Waals surface area contributed by atoms with Gasteiger partial charge in [-0.3, -0.25) is 9.50 Å². The third-order valence-electron chi connectivity index (χ3n) is 3.19. The first-order valence-corrected chi connectivity index (χ1v) is 7.79. The summed E-state index contributed by atoms with van der Waals surface area (Å²) in [4.78, 5) is 5.62. The number of nitrogens with one attached hydrogen (secondary N) is 1. The molecule has 8 heteroatoms. The lowest BCUT2D eigenvalue weighted by molar-refractivity contribution is 0.861. The van der Waals surface area contributed by atoms with Crippen LogP contribution in [0.25, 0.3) is 16.2 Å². The molecule has 0 atom stereocenters. The smallest absolute Gasteiger partial charge is 0.216 e. The van der Waals surface area contributed by atoms with E-state index in [0.717, 1.165) is 21.9 Å². The van der Waals surface area contributed by atoms with E-state index in [9.17, 15) is 0 Å². The molecule has 0 spiro atoms. The fraction of sp³-hybridized carbons (Fsp3) is 0. The maximum Gasteiger partial charge on any atom is 0.216 e. The highest BCUT2D eigenvalue weighted by Crippen LogP contribution is 2.25. The van der Waals surface area contributed by atoms with Gasteiger partial charge in [-0.25, -0.2) is 4.98 Å². The fourth-order valence-corrected chi connectivity index (χ4v) is 3.04. The van der Waals surface area contributed by atoms with Crippen LogP contribution in [0.1, 0.15) is 5.69 Å². The molecule has 6 nitrogen and oxygen atoms in total. The van der Waals surface area contributed by atoms with Gasteiger partial charge in [-0.15, -0.1) is 11.3 Å². The molecule has 0 aliphatic carbocycles. The summed E-state index contributed by atoms with van der Waals surface area (Å²) in [6.45, 7) is 0. The van der Waals surface area contributed by atoms with Crippen LogP contribution in [0.2, 0.25) is 0 Å². The van der Waals surface area contributed by atoms with Crippen molar-refractivity contribution < 1.29 is 0 Å². The van der Waals surface area contributed by atoms with Gasteiger partial charge in [-0.2, -0.15) is 14.9 Å². The zero-order valence-electron chi connectivity index (χ0n) is 11.2. The summed E-state index contributed by atoms with van der Waals surface area (Å²) in [5.74, 6) is 0. The predicted molar refractivity (Wildman–Crippen MR) is 88.9 cm³/mol. The Labute approximate surface area is 134 Å². The van der Waals surface area contributed by atoms with Crippen LogP contribution < -0.4 is 0 Å². The van der Waals surface area contributed by atoms with E-state index in [-0.39, 0.29) is 0 Å². The van der Waals surface area contributed by atoms with Crippen molar-refractivity contribution in [3.63, 3.8) is 0 Å². The zero-order valence-corrected chi connectivity index (χ0v) is 12.9. The lowest BCUT2D eigenvalue weighted by Gasteiger charge is -1.99. The topological polar surface area (TPSA) is 63.3 Å². The Balaban J connectivity index is 1.88. The molecule has 0 aliphatic heterocycles. The van der Waals surface area contributed by atoms with E-state index in [2.05, 4.69) is 15.3 Å². The van der Waals surface area contributed by atoms with Crippen LogP contribution in [0.15, 0.2) is 53.3 Å². The minimum absolute atomic E-state index is 0.448. The van der Waals surface area contributed by atoms with Crippen LogP contribution >= 0.6 is 23.6 Å². The van der Waals surface area contributed by atoms with Crippen LogP contribution in [0, 0.1) is 4.77 Å². The van der Waals surface area contributed by atoms with Gasteiger partial charge in [0.1, 0.15) is 6.33 Å². The van der Waals surface area contributed by atoms with E-state index in [1.54, 1.807) is 17.6 Å². The second-order valence-corrected chi connectivity index (χ2v) is 5.78. The van der Waals surface area contributed by atoms with Crippen molar-refractivity contribution in [2.75, 3.05) is 0 Å². The molecular formula is C14H10N6S2. The van der Waals surface area contributed by atoms with Gasteiger partial charge >= 0.3 is 0 Å². The molecule has 1 N–H and O–H groups in total. The van der Waals surface area contributed by atoms with Crippen molar-refractivity contribution in [3.8, 4) is 11.3 Å². The number of thiazole rings is 1. The van der Waals surface area contributed by atoms with Crippen molar-refractivity contribution in [2.45, 2.75) is 0 Å². The molecule has 0 saturated carbocycles. The second-order valence-electron chi connectivity index (χ2n) is 4.52. The van der Waals surface area contributed by atoms with Gasteiger partial charge in [0.25, 0.3) is 0 Å². The maximum atomic E-state index is 5.10. The molecule has 22 heavy (non-hydrogen) atoms. The summed E-state index contributed by atoms with van der Waals surface area (Å²) in [5.41, 5.74) is 2.85. The summed E-state index contributed by atoms with van der Waals surface area (Å²) >= 11 is 6.68. The summed E-state index contributed by atoms with van der Waals surface area (Å²) < 4.78 is 3.97. The van der Waals surface area contributed by atoms with Gasteiger partial charge in [0, 0.05) is 17.1 Å². The highest BCUT2D eigenvalue weighted by atomic mass is 32.1. The molecule has 4 aromatic rings. The highest BCUT2D eigenvalue weighted by Gasteiger charge is 2.13. The first kappa shape index (κ1) is 13.1. The molecule has 0 bridgehead atoms. The average Bonchev–Trinajstić information content (AvgIpc) is 3.22. The van der Waals surface area contributed by atoms with Gasteiger partial charge < -0.3 is 0 Å². The average molecular weight is 326 g/mol. The van der Waals surface area contributed by atoms with E-state index < -0.39 is 0 Å². The quantitative estimate of drug-likeness (QED) is 0.464. The Hall–Kier alpha value is -2.58. The van der Waals surface area contributed by atoms with Crippen LogP contribution in [-0.2, 0) is 0 Å². The molecule has 3 aromatic heterocycles. The maximum absolute atomic E-state index is 5.10. The molecule has 0 fully saturated rings. The lowest BCUT2D eigenvalue weighted by atomic mass is 10.1. The first-order valence-electron chi connectivity index (χ1n) is 6.50. The lowest BCUT2D eigenvalue weighted by Crippen LogP contribution is -1.94. The van der Waals surface area contributed by atoms with E-state index in [1.807, 2.05) is 46.3 Å². The molecule has 0 radical (unpaired) electrons. The molecule has 1 aromatic carbocycles. The Kier molecular flexibility index (Phi) is 3.17. The summed E-state index contributed by atoms with van der Waals surface area (Å²) in [6, 6.07) is 10.0. The van der Waals surface area contributed by atoms with Crippen LogP contribution in [-0.4, -0.2) is 30.5 Å². The van der Waals surface area contributed by atoms with Crippen molar-refractivity contribution in [1.82, 2.24) is 24.3 Å². The van der Waals surface area contributed by atoms with E-state index in [1.165, 1.54) is 11.0 Å². The molecule has 3 heterocycles. The van der Waals surface area contributed by atoms with E-state index in [0.29, 0.717) is 4.77 Å². The number of hydrogen-bond acceptors (Lipinski definition) is 5. The molecule has 0 saturated heterocycles. The second kappa shape index (κ2) is 5.32. The first-order chi connectivity index (χ1) is 10.8. The number of rotatable bonds is 3. The Morgan fingerprint density at radius 3 is 2.91 bits per heavy atom. The van der Waals surface area contributed by atoms with Crippen molar-refractivity contribution in [3.05, 3.63) is 58.7 Å². The molecule has 0 aliphatic rings. The molecule has 4 rings (SSSR count). The number of aromatic nitrogens is 5. The summed E-state index contributed by atoms with van der Waals surface area (Å²) in [7, 11) is 0. The molecule has 108 valence electrons. The number of benzene rings is 1. The fourth-order valence-electron chi connectivity index (χ4n) is 2.18. The van der Waals surface area contributed by atoms with E-state index in [4.69, 9.17) is 17.2 Å². The van der Waals surface area contributed by atoms with Crippen molar-refractivity contribution in [2.24, 2.45) is 5.10 Å². The minimum atomic E-state index is 0.448. The number of aromatic amines is 1. The van der Waals surface area contributed by atoms with Crippen molar-refractivity contribution in [1.29, 1.82) is 0 Å². The Morgan fingerprint density at radius 1 is 1.27 bits per heavy atom. The summed E-state index contributed by atoms with van der Waals surface area (Å²) in [5, 5.41) is 12.9. The Bertz CT molecular complexity index is 1000. The number of nitrogens with zero attached hydrogens (tertiary/aromatic N) is 5. The molecule has 0 amide bonds. The standard InChI is InChI=1S/C14H10N6S2/c21-13-18-15-9-20(13)16-8-11-12(10-4-2-1-3-5-10)17-14-19(11)6-7-22-14/h1-9H,(H,18,21)/b16-8+. The number of imidazole rings is 1. The minimum Gasteiger partial charge on any atom is -0.289 e.